The summed E-state index contributed by atoms with van der Waals surface area (Å²) in [6.45, 7) is 11.4. The van der Waals surface area contributed by atoms with Crippen molar-refractivity contribution in [2.24, 2.45) is 12.8 Å². The summed E-state index contributed by atoms with van der Waals surface area (Å²) in [7, 11) is 2.02. The van der Waals surface area contributed by atoms with Gasteiger partial charge in [0.2, 0.25) is 0 Å². The minimum atomic E-state index is 0.0748. The van der Waals surface area contributed by atoms with E-state index >= 15 is 0 Å². The summed E-state index contributed by atoms with van der Waals surface area (Å²) in [4.78, 5) is 2.45. The standard InChI is InChI=1S/C14H28N4/c1-6-12-9-13(17(5)16-12)10-18(8-3)14(4,7-2)11-15/h9H,6-8,10-11,15H2,1-5H3. The molecule has 0 bridgehead atoms. The lowest BCUT2D eigenvalue weighted by molar-refractivity contribution is 0.101. The second-order valence-electron chi connectivity index (χ2n) is 5.17. The minimum Gasteiger partial charge on any atom is -0.329 e. The maximum Gasteiger partial charge on any atom is 0.0625 e. The molecule has 18 heavy (non-hydrogen) atoms. The number of nitrogens with zero attached hydrogens (tertiary/aromatic N) is 3. The van der Waals surface area contributed by atoms with Crippen molar-refractivity contribution in [3.8, 4) is 0 Å². The maximum atomic E-state index is 5.95. The highest BCUT2D eigenvalue weighted by atomic mass is 15.3. The van der Waals surface area contributed by atoms with E-state index in [4.69, 9.17) is 5.73 Å². The van der Waals surface area contributed by atoms with Crippen LogP contribution < -0.4 is 5.73 Å². The fourth-order valence-electron chi connectivity index (χ4n) is 2.27. The number of aryl methyl sites for hydroxylation is 2. The Morgan fingerprint density at radius 2 is 2.06 bits per heavy atom. The molecular formula is C14H28N4. The molecule has 0 aliphatic carbocycles. The van der Waals surface area contributed by atoms with Gasteiger partial charge < -0.3 is 5.73 Å². The van der Waals surface area contributed by atoms with Gasteiger partial charge >= 0.3 is 0 Å². The van der Waals surface area contributed by atoms with E-state index in [0.29, 0.717) is 6.54 Å². The van der Waals surface area contributed by atoms with E-state index in [1.165, 1.54) is 5.69 Å². The first-order valence-electron chi connectivity index (χ1n) is 6.97. The predicted octanol–water partition coefficient (Wildman–Crippen LogP) is 1.93. The van der Waals surface area contributed by atoms with Crippen LogP contribution in [0.5, 0.6) is 0 Å². The molecule has 1 aromatic rings. The van der Waals surface area contributed by atoms with Crippen LogP contribution in [0.25, 0.3) is 0 Å². The zero-order valence-electron chi connectivity index (χ0n) is 12.5. The summed E-state index contributed by atoms with van der Waals surface area (Å²) >= 11 is 0. The number of aromatic nitrogens is 2. The van der Waals surface area contributed by atoms with Gasteiger partial charge in [-0.15, -0.1) is 0 Å². The molecular weight excluding hydrogens is 224 g/mol. The van der Waals surface area contributed by atoms with E-state index < -0.39 is 0 Å². The third-order valence-corrected chi connectivity index (χ3v) is 4.09. The van der Waals surface area contributed by atoms with Crippen LogP contribution in [-0.4, -0.2) is 33.3 Å². The lowest BCUT2D eigenvalue weighted by Crippen LogP contribution is -2.50. The van der Waals surface area contributed by atoms with E-state index in [0.717, 1.165) is 31.6 Å². The third kappa shape index (κ3) is 3.12. The molecule has 2 N–H and O–H groups in total. The molecule has 1 rings (SSSR count). The van der Waals surface area contributed by atoms with Crippen molar-refractivity contribution in [1.82, 2.24) is 14.7 Å². The summed E-state index contributed by atoms with van der Waals surface area (Å²) in [6, 6.07) is 2.20. The molecule has 104 valence electrons. The average Bonchev–Trinajstić information content (AvgIpc) is 2.75. The zero-order chi connectivity index (χ0) is 13.8. The largest absolute Gasteiger partial charge is 0.329 e. The Labute approximate surface area is 111 Å². The van der Waals surface area contributed by atoms with Gasteiger partial charge in [-0.2, -0.15) is 5.10 Å². The molecule has 0 aliphatic heterocycles. The van der Waals surface area contributed by atoms with Gasteiger partial charge in [0, 0.05) is 25.7 Å². The molecule has 0 saturated carbocycles. The first-order chi connectivity index (χ1) is 8.50. The van der Waals surface area contributed by atoms with Gasteiger partial charge in [-0.1, -0.05) is 20.8 Å². The van der Waals surface area contributed by atoms with Gasteiger partial charge in [-0.3, -0.25) is 9.58 Å². The summed E-state index contributed by atoms with van der Waals surface area (Å²) in [6.07, 6.45) is 2.05. The Balaban J connectivity index is 2.88. The van der Waals surface area contributed by atoms with E-state index in [1.54, 1.807) is 0 Å². The highest BCUT2D eigenvalue weighted by molar-refractivity contribution is 5.10. The van der Waals surface area contributed by atoms with Crippen LogP contribution in [0.15, 0.2) is 6.07 Å². The molecule has 1 unspecified atom stereocenters. The van der Waals surface area contributed by atoms with Gasteiger partial charge in [0.05, 0.1) is 11.4 Å². The van der Waals surface area contributed by atoms with E-state index in [1.807, 2.05) is 11.7 Å². The fourth-order valence-corrected chi connectivity index (χ4v) is 2.27. The lowest BCUT2D eigenvalue weighted by Gasteiger charge is -2.39. The van der Waals surface area contributed by atoms with Crippen molar-refractivity contribution in [2.45, 2.75) is 52.6 Å². The van der Waals surface area contributed by atoms with Crippen LogP contribution in [0.3, 0.4) is 0 Å². The second kappa shape index (κ2) is 6.34. The molecule has 0 aromatic carbocycles. The summed E-state index contributed by atoms with van der Waals surface area (Å²) < 4.78 is 1.99. The van der Waals surface area contributed by atoms with Crippen LogP contribution in [0, 0.1) is 0 Å². The number of rotatable bonds is 7. The van der Waals surface area contributed by atoms with Gasteiger partial charge in [0.15, 0.2) is 0 Å². The van der Waals surface area contributed by atoms with Crippen molar-refractivity contribution in [3.63, 3.8) is 0 Å². The van der Waals surface area contributed by atoms with Crippen LogP contribution in [0.1, 0.15) is 45.5 Å². The Bertz CT molecular complexity index is 366. The van der Waals surface area contributed by atoms with E-state index in [-0.39, 0.29) is 5.54 Å². The fraction of sp³-hybridized carbons (Fsp3) is 0.786. The van der Waals surface area contributed by atoms with Gasteiger partial charge in [0.1, 0.15) is 0 Å². The third-order valence-electron chi connectivity index (χ3n) is 4.09. The Kier molecular flexibility index (Phi) is 5.35. The average molecular weight is 252 g/mol. The summed E-state index contributed by atoms with van der Waals surface area (Å²) in [5, 5.41) is 4.51. The monoisotopic (exact) mass is 252 g/mol. The molecule has 1 aromatic heterocycles. The number of likely N-dealkylation sites (N-methyl/N-ethyl adjacent to an activating group) is 1. The summed E-state index contributed by atoms with van der Waals surface area (Å²) in [5.41, 5.74) is 8.45. The lowest BCUT2D eigenvalue weighted by atomic mass is 9.96. The minimum absolute atomic E-state index is 0.0748. The van der Waals surface area contributed by atoms with Gasteiger partial charge in [-0.05, 0) is 32.4 Å². The number of hydrogen-bond acceptors (Lipinski definition) is 3. The molecule has 4 nitrogen and oxygen atoms in total. The van der Waals surface area contributed by atoms with Crippen molar-refractivity contribution in [3.05, 3.63) is 17.5 Å². The first-order valence-corrected chi connectivity index (χ1v) is 6.97. The number of nitrogens with two attached hydrogens (primary N) is 1. The predicted molar refractivity (Wildman–Crippen MR) is 76.4 cm³/mol. The van der Waals surface area contributed by atoms with Gasteiger partial charge in [0.25, 0.3) is 0 Å². The van der Waals surface area contributed by atoms with Crippen molar-refractivity contribution >= 4 is 0 Å². The number of hydrogen-bond donors (Lipinski definition) is 1. The van der Waals surface area contributed by atoms with Crippen LogP contribution in [0.4, 0.5) is 0 Å². The van der Waals surface area contributed by atoms with Crippen molar-refractivity contribution < 1.29 is 0 Å². The van der Waals surface area contributed by atoms with Gasteiger partial charge in [-0.25, -0.2) is 0 Å². The molecule has 1 heterocycles. The Hall–Kier alpha value is -0.870. The maximum absolute atomic E-state index is 5.95. The molecule has 0 saturated heterocycles. The quantitative estimate of drug-likeness (QED) is 0.806. The van der Waals surface area contributed by atoms with Crippen LogP contribution in [-0.2, 0) is 20.0 Å². The smallest absolute Gasteiger partial charge is 0.0625 e. The topological polar surface area (TPSA) is 47.1 Å². The second-order valence-corrected chi connectivity index (χ2v) is 5.17. The highest BCUT2D eigenvalue weighted by Crippen LogP contribution is 2.20. The molecule has 0 fully saturated rings. The first kappa shape index (κ1) is 15.2. The van der Waals surface area contributed by atoms with E-state index in [2.05, 4.69) is 43.8 Å². The zero-order valence-corrected chi connectivity index (χ0v) is 12.5. The molecule has 4 heteroatoms. The van der Waals surface area contributed by atoms with Crippen LogP contribution in [0.2, 0.25) is 0 Å². The molecule has 0 aliphatic rings. The normalized spacial score (nSPS) is 15.1. The Morgan fingerprint density at radius 3 is 2.44 bits per heavy atom. The molecule has 0 radical (unpaired) electrons. The molecule has 1 atom stereocenters. The van der Waals surface area contributed by atoms with Crippen LogP contribution >= 0.6 is 0 Å². The molecule has 0 amide bonds. The summed E-state index contributed by atoms with van der Waals surface area (Å²) in [5.74, 6) is 0. The molecule has 0 spiro atoms. The Morgan fingerprint density at radius 1 is 1.39 bits per heavy atom. The van der Waals surface area contributed by atoms with Crippen molar-refractivity contribution in [1.29, 1.82) is 0 Å². The SMILES string of the molecule is CCc1cc(CN(CC)C(C)(CC)CN)n(C)n1. The highest BCUT2D eigenvalue weighted by Gasteiger charge is 2.28. The van der Waals surface area contributed by atoms with E-state index in [9.17, 15) is 0 Å². The van der Waals surface area contributed by atoms with Crippen molar-refractivity contribution in [2.75, 3.05) is 13.1 Å².